The van der Waals surface area contributed by atoms with Gasteiger partial charge in [0.15, 0.2) is 0 Å². The van der Waals surface area contributed by atoms with E-state index in [0.29, 0.717) is 12.1 Å². The first kappa shape index (κ1) is 18.9. The summed E-state index contributed by atoms with van der Waals surface area (Å²) < 4.78 is 0. The van der Waals surface area contributed by atoms with E-state index in [1.807, 2.05) is 58.0 Å². The van der Waals surface area contributed by atoms with E-state index in [1.165, 1.54) is 4.90 Å². The third-order valence-corrected chi connectivity index (χ3v) is 3.68. The predicted octanol–water partition coefficient (Wildman–Crippen LogP) is 4.35. The van der Waals surface area contributed by atoms with Gasteiger partial charge in [-0.2, -0.15) is 0 Å². The van der Waals surface area contributed by atoms with Crippen LogP contribution in [0.2, 0.25) is 0 Å². The van der Waals surface area contributed by atoms with Crippen molar-refractivity contribution in [3.8, 4) is 0 Å². The molecular formula is C19H27NO3. The number of carboxylic acid groups (broad SMARTS) is 1. The van der Waals surface area contributed by atoms with Crippen molar-refractivity contribution < 1.29 is 14.7 Å². The van der Waals surface area contributed by atoms with Crippen LogP contribution >= 0.6 is 0 Å². The number of carbonyl (C=O) groups excluding carboxylic acids is 1. The Morgan fingerprint density at radius 2 is 2.00 bits per heavy atom. The van der Waals surface area contributed by atoms with Gasteiger partial charge in [-0.25, -0.2) is 4.79 Å². The maximum absolute atomic E-state index is 12.7. The summed E-state index contributed by atoms with van der Waals surface area (Å²) in [6.07, 6.45) is 5.87. The molecule has 0 aliphatic rings. The topological polar surface area (TPSA) is 57.6 Å². The minimum Gasteiger partial charge on any atom is -0.480 e. The van der Waals surface area contributed by atoms with E-state index >= 15 is 0 Å². The molecule has 0 aliphatic heterocycles. The van der Waals surface area contributed by atoms with Gasteiger partial charge in [0.25, 0.3) is 0 Å². The van der Waals surface area contributed by atoms with Crippen LogP contribution in [0.3, 0.4) is 0 Å². The maximum atomic E-state index is 12.7. The first-order chi connectivity index (χ1) is 10.9. The highest BCUT2D eigenvalue weighted by Gasteiger charge is 2.33. The largest absolute Gasteiger partial charge is 0.480 e. The molecule has 126 valence electrons. The minimum absolute atomic E-state index is 0.134. The van der Waals surface area contributed by atoms with Gasteiger partial charge in [0.1, 0.15) is 6.04 Å². The lowest BCUT2D eigenvalue weighted by atomic mass is 10.00. The third-order valence-electron chi connectivity index (χ3n) is 3.68. The van der Waals surface area contributed by atoms with Crippen LogP contribution in [0.25, 0.3) is 6.08 Å². The van der Waals surface area contributed by atoms with Gasteiger partial charge in [-0.3, -0.25) is 9.69 Å². The molecule has 0 saturated heterocycles. The van der Waals surface area contributed by atoms with E-state index in [9.17, 15) is 14.7 Å². The molecule has 1 aromatic rings. The van der Waals surface area contributed by atoms with Crippen LogP contribution in [-0.2, 0) is 9.59 Å². The highest BCUT2D eigenvalue weighted by molar-refractivity contribution is 5.99. The average Bonchev–Trinajstić information content (AvgIpc) is 2.49. The SMILES string of the molecule is CC=Cc1cccc(N(C(=O)CCCC)[C@H](C(=O)O)C(C)C)c1. The van der Waals surface area contributed by atoms with Crippen LogP contribution in [0, 0.1) is 5.92 Å². The van der Waals surface area contributed by atoms with Gasteiger partial charge >= 0.3 is 5.97 Å². The van der Waals surface area contributed by atoms with Gasteiger partial charge in [-0.15, -0.1) is 0 Å². The molecule has 0 aromatic heterocycles. The monoisotopic (exact) mass is 317 g/mol. The van der Waals surface area contributed by atoms with E-state index in [1.54, 1.807) is 6.07 Å². The summed E-state index contributed by atoms with van der Waals surface area (Å²) in [6.45, 7) is 7.59. The van der Waals surface area contributed by atoms with Crippen LogP contribution < -0.4 is 4.90 Å². The number of anilines is 1. The van der Waals surface area contributed by atoms with E-state index in [2.05, 4.69) is 0 Å². The molecule has 0 saturated carbocycles. The second kappa shape index (κ2) is 9.13. The zero-order valence-electron chi connectivity index (χ0n) is 14.5. The maximum Gasteiger partial charge on any atom is 0.327 e. The Morgan fingerprint density at radius 1 is 1.30 bits per heavy atom. The molecular weight excluding hydrogens is 290 g/mol. The first-order valence-corrected chi connectivity index (χ1v) is 8.20. The van der Waals surface area contributed by atoms with E-state index in [-0.39, 0.29) is 11.8 Å². The number of nitrogens with zero attached hydrogens (tertiary/aromatic N) is 1. The molecule has 0 aliphatic carbocycles. The summed E-state index contributed by atoms with van der Waals surface area (Å²) in [4.78, 5) is 25.9. The molecule has 23 heavy (non-hydrogen) atoms. The molecule has 1 N–H and O–H groups in total. The number of hydrogen-bond donors (Lipinski definition) is 1. The lowest BCUT2D eigenvalue weighted by Gasteiger charge is -2.32. The Morgan fingerprint density at radius 3 is 2.52 bits per heavy atom. The Balaban J connectivity index is 3.29. The standard InChI is InChI=1S/C19H27NO3/c1-5-7-12-17(21)20(18(14(3)4)19(22)23)16-11-8-10-15(13-16)9-6-2/h6,8-11,13-14,18H,5,7,12H2,1-4H3,(H,22,23)/t18-/m0/s1. The molecule has 0 fully saturated rings. The van der Waals surface area contributed by atoms with Crippen molar-refractivity contribution in [1.82, 2.24) is 0 Å². The Kier molecular flexibility index (Phi) is 7.52. The van der Waals surface area contributed by atoms with Crippen molar-refractivity contribution in [2.45, 2.75) is 53.0 Å². The quantitative estimate of drug-likeness (QED) is 0.775. The molecule has 1 aromatic carbocycles. The second-order valence-corrected chi connectivity index (χ2v) is 5.99. The lowest BCUT2D eigenvalue weighted by Crippen LogP contribution is -2.48. The predicted molar refractivity (Wildman–Crippen MR) is 94.4 cm³/mol. The fraction of sp³-hybridized carbons (Fsp3) is 0.474. The number of allylic oxidation sites excluding steroid dienone is 1. The van der Waals surface area contributed by atoms with Gasteiger partial charge in [-0.05, 0) is 37.0 Å². The van der Waals surface area contributed by atoms with Gasteiger partial charge in [0.2, 0.25) is 5.91 Å². The number of rotatable bonds is 8. The average molecular weight is 317 g/mol. The zero-order valence-corrected chi connectivity index (χ0v) is 14.5. The molecule has 1 atom stereocenters. The molecule has 0 radical (unpaired) electrons. The molecule has 1 rings (SSSR count). The van der Waals surface area contributed by atoms with Crippen LogP contribution in [0.1, 0.15) is 52.5 Å². The molecule has 0 bridgehead atoms. The molecule has 0 unspecified atom stereocenters. The smallest absolute Gasteiger partial charge is 0.327 e. The van der Waals surface area contributed by atoms with Crippen molar-refractivity contribution in [3.63, 3.8) is 0 Å². The van der Waals surface area contributed by atoms with Crippen molar-refractivity contribution in [1.29, 1.82) is 0 Å². The number of hydrogen-bond acceptors (Lipinski definition) is 2. The Hall–Kier alpha value is -2.10. The zero-order chi connectivity index (χ0) is 17.4. The summed E-state index contributed by atoms with van der Waals surface area (Å²) in [5.41, 5.74) is 1.59. The summed E-state index contributed by atoms with van der Waals surface area (Å²) in [7, 11) is 0. The number of carbonyl (C=O) groups is 2. The van der Waals surface area contributed by atoms with Gasteiger partial charge in [-0.1, -0.05) is 51.5 Å². The summed E-state index contributed by atoms with van der Waals surface area (Å²) in [5.74, 6) is -1.28. The number of carboxylic acids is 1. The highest BCUT2D eigenvalue weighted by Crippen LogP contribution is 2.25. The van der Waals surface area contributed by atoms with Crippen LogP contribution in [0.15, 0.2) is 30.3 Å². The summed E-state index contributed by atoms with van der Waals surface area (Å²) >= 11 is 0. The minimum atomic E-state index is -0.971. The van der Waals surface area contributed by atoms with Crippen LogP contribution in [-0.4, -0.2) is 23.0 Å². The number of amides is 1. The van der Waals surface area contributed by atoms with Crippen molar-refractivity contribution >= 4 is 23.6 Å². The van der Waals surface area contributed by atoms with Crippen molar-refractivity contribution in [2.75, 3.05) is 4.90 Å². The fourth-order valence-electron chi connectivity index (χ4n) is 2.57. The number of aliphatic carboxylic acids is 1. The molecule has 0 spiro atoms. The lowest BCUT2D eigenvalue weighted by molar-refractivity contribution is -0.141. The molecule has 0 heterocycles. The fourth-order valence-corrected chi connectivity index (χ4v) is 2.57. The van der Waals surface area contributed by atoms with Gasteiger partial charge < -0.3 is 5.11 Å². The Labute approximate surface area is 138 Å². The van der Waals surface area contributed by atoms with E-state index in [0.717, 1.165) is 18.4 Å². The third kappa shape index (κ3) is 5.23. The second-order valence-electron chi connectivity index (χ2n) is 5.99. The van der Waals surface area contributed by atoms with Gasteiger partial charge in [0, 0.05) is 12.1 Å². The van der Waals surface area contributed by atoms with Crippen molar-refractivity contribution in [3.05, 3.63) is 35.9 Å². The number of benzene rings is 1. The normalized spacial score (nSPS) is 12.6. The molecule has 1 amide bonds. The van der Waals surface area contributed by atoms with E-state index in [4.69, 9.17) is 0 Å². The first-order valence-electron chi connectivity index (χ1n) is 8.20. The molecule has 4 heteroatoms. The summed E-state index contributed by atoms with van der Waals surface area (Å²) in [5, 5.41) is 9.61. The van der Waals surface area contributed by atoms with Crippen LogP contribution in [0.5, 0.6) is 0 Å². The highest BCUT2D eigenvalue weighted by atomic mass is 16.4. The number of unbranched alkanes of at least 4 members (excludes halogenated alkanes) is 1. The summed E-state index contributed by atoms with van der Waals surface area (Å²) in [6, 6.07) is 6.59. The molecule has 4 nitrogen and oxygen atoms in total. The Bertz CT molecular complexity index is 563. The van der Waals surface area contributed by atoms with Gasteiger partial charge in [0.05, 0.1) is 0 Å². The van der Waals surface area contributed by atoms with Crippen molar-refractivity contribution in [2.24, 2.45) is 5.92 Å². The van der Waals surface area contributed by atoms with E-state index < -0.39 is 12.0 Å². The van der Waals surface area contributed by atoms with Crippen LogP contribution in [0.4, 0.5) is 5.69 Å².